The Hall–Kier alpha value is -2.87. The van der Waals surface area contributed by atoms with Gasteiger partial charge in [-0.1, -0.05) is 18.2 Å². The first-order valence-corrected chi connectivity index (χ1v) is 10.7. The Bertz CT molecular complexity index is 987. The lowest BCUT2D eigenvalue weighted by molar-refractivity contribution is -0.116. The van der Waals surface area contributed by atoms with Gasteiger partial charge in [-0.25, -0.2) is 8.42 Å². The number of nitrogens with zero attached hydrogens (tertiary/aromatic N) is 1. The zero-order valence-electron chi connectivity index (χ0n) is 16.2. The van der Waals surface area contributed by atoms with Crippen LogP contribution < -0.4 is 15.4 Å². The van der Waals surface area contributed by atoms with Gasteiger partial charge in [0.05, 0.1) is 11.9 Å². The first kappa shape index (κ1) is 21.4. The fourth-order valence-corrected chi connectivity index (χ4v) is 3.84. The molecule has 0 saturated heterocycles. The van der Waals surface area contributed by atoms with E-state index in [9.17, 15) is 18.0 Å². The first-order valence-electron chi connectivity index (χ1n) is 8.83. The molecule has 0 bridgehead atoms. The highest BCUT2D eigenvalue weighted by atomic mass is 32.2. The van der Waals surface area contributed by atoms with Crippen LogP contribution in [-0.4, -0.2) is 33.0 Å². The molecule has 0 fully saturated rings. The smallest absolute Gasteiger partial charge is 0.248 e. The molecule has 150 valence electrons. The average molecular weight is 404 g/mol. The number of carbonyl (C=O) groups is 2. The second-order valence-electron chi connectivity index (χ2n) is 6.65. The molecule has 8 heteroatoms. The lowest BCUT2D eigenvalue weighted by Gasteiger charge is -2.24. The molecular weight excluding hydrogens is 378 g/mol. The number of benzene rings is 2. The Kier molecular flexibility index (Phi) is 6.80. The van der Waals surface area contributed by atoms with Gasteiger partial charge in [0.25, 0.3) is 0 Å². The highest BCUT2D eigenvalue weighted by molar-refractivity contribution is 7.92. The SMILES string of the molecule is Cc1cccc(N(CCCC(=O)Nc2cccc(C(N)=O)c2)S(C)(=O)=O)c1C. The Morgan fingerprint density at radius 3 is 2.43 bits per heavy atom. The van der Waals surface area contributed by atoms with Gasteiger partial charge in [0.15, 0.2) is 0 Å². The van der Waals surface area contributed by atoms with Crippen LogP contribution in [0.15, 0.2) is 42.5 Å². The molecule has 7 nitrogen and oxygen atoms in total. The molecule has 0 radical (unpaired) electrons. The summed E-state index contributed by atoms with van der Waals surface area (Å²) in [7, 11) is -3.48. The molecule has 3 N–H and O–H groups in total. The monoisotopic (exact) mass is 403 g/mol. The highest BCUT2D eigenvalue weighted by Gasteiger charge is 2.20. The molecule has 0 aliphatic heterocycles. The summed E-state index contributed by atoms with van der Waals surface area (Å²) in [6.45, 7) is 3.99. The number of carbonyl (C=O) groups excluding carboxylic acids is 2. The van der Waals surface area contributed by atoms with Crippen molar-refractivity contribution in [1.82, 2.24) is 0 Å². The second kappa shape index (κ2) is 8.88. The van der Waals surface area contributed by atoms with E-state index in [1.807, 2.05) is 26.0 Å². The number of nitrogens with one attached hydrogen (secondary N) is 1. The van der Waals surface area contributed by atoms with Gasteiger partial charge in [-0.05, 0) is 55.7 Å². The Morgan fingerprint density at radius 2 is 1.79 bits per heavy atom. The topological polar surface area (TPSA) is 110 Å². The molecule has 0 aromatic heterocycles. The van der Waals surface area contributed by atoms with Gasteiger partial charge in [-0.15, -0.1) is 0 Å². The Labute approximate surface area is 165 Å². The first-order chi connectivity index (χ1) is 13.1. The zero-order valence-corrected chi connectivity index (χ0v) is 17.0. The van der Waals surface area contributed by atoms with Crippen molar-refractivity contribution in [2.75, 3.05) is 22.4 Å². The summed E-state index contributed by atoms with van der Waals surface area (Å²) in [5, 5.41) is 2.70. The lowest BCUT2D eigenvalue weighted by atomic mass is 10.1. The molecule has 0 unspecified atom stereocenters. The van der Waals surface area contributed by atoms with Crippen molar-refractivity contribution in [2.45, 2.75) is 26.7 Å². The summed E-state index contributed by atoms with van der Waals surface area (Å²) in [6.07, 6.45) is 1.64. The van der Waals surface area contributed by atoms with Gasteiger partial charge in [-0.3, -0.25) is 13.9 Å². The number of hydrogen-bond acceptors (Lipinski definition) is 4. The van der Waals surface area contributed by atoms with Crippen LogP contribution in [0.25, 0.3) is 0 Å². The molecule has 0 saturated carbocycles. The summed E-state index contributed by atoms with van der Waals surface area (Å²) in [6, 6.07) is 11.8. The fraction of sp³-hybridized carbons (Fsp3) is 0.300. The number of primary amides is 1. The maximum absolute atomic E-state index is 12.2. The van der Waals surface area contributed by atoms with Crippen LogP contribution in [0.5, 0.6) is 0 Å². The third-order valence-electron chi connectivity index (χ3n) is 4.44. The molecule has 0 aliphatic rings. The molecule has 28 heavy (non-hydrogen) atoms. The van der Waals surface area contributed by atoms with Gasteiger partial charge >= 0.3 is 0 Å². The molecule has 2 amide bonds. The predicted molar refractivity (Wildman–Crippen MR) is 111 cm³/mol. The maximum atomic E-state index is 12.2. The second-order valence-corrected chi connectivity index (χ2v) is 8.56. The number of hydrogen-bond donors (Lipinski definition) is 2. The van der Waals surface area contributed by atoms with Gasteiger partial charge in [0.1, 0.15) is 0 Å². The number of aryl methyl sites for hydroxylation is 1. The van der Waals surface area contributed by atoms with E-state index in [1.54, 1.807) is 24.3 Å². The quantitative estimate of drug-likeness (QED) is 0.706. The van der Waals surface area contributed by atoms with Crippen molar-refractivity contribution >= 4 is 33.2 Å². The summed E-state index contributed by atoms with van der Waals surface area (Å²) < 4.78 is 25.8. The third-order valence-corrected chi connectivity index (χ3v) is 5.62. The van der Waals surface area contributed by atoms with Gasteiger partial charge in [0.2, 0.25) is 21.8 Å². The maximum Gasteiger partial charge on any atom is 0.248 e. The molecule has 0 atom stereocenters. The van der Waals surface area contributed by atoms with E-state index < -0.39 is 15.9 Å². The van der Waals surface area contributed by atoms with Crippen LogP contribution in [-0.2, 0) is 14.8 Å². The van der Waals surface area contributed by atoms with Crippen molar-refractivity contribution in [2.24, 2.45) is 5.73 Å². The van der Waals surface area contributed by atoms with Crippen LogP contribution in [0.4, 0.5) is 11.4 Å². The number of amides is 2. The molecule has 2 rings (SSSR count). The van der Waals surface area contributed by atoms with Gasteiger partial charge < -0.3 is 11.1 Å². The highest BCUT2D eigenvalue weighted by Crippen LogP contribution is 2.25. The zero-order chi connectivity index (χ0) is 20.9. The van der Waals surface area contributed by atoms with Crippen LogP contribution in [0, 0.1) is 13.8 Å². The number of nitrogens with two attached hydrogens (primary N) is 1. The average Bonchev–Trinajstić information content (AvgIpc) is 2.61. The van der Waals surface area contributed by atoms with E-state index in [2.05, 4.69) is 5.32 Å². The van der Waals surface area contributed by atoms with Crippen molar-refractivity contribution in [1.29, 1.82) is 0 Å². The van der Waals surface area contributed by atoms with Crippen molar-refractivity contribution in [3.05, 3.63) is 59.2 Å². The Balaban J connectivity index is 2.03. The molecule has 0 heterocycles. The van der Waals surface area contributed by atoms with Crippen molar-refractivity contribution in [3.8, 4) is 0 Å². The molecule has 2 aromatic rings. The fourth-order valence-electron chi connectivity index (χ4n) is 2.83. The van der Waals surface area contributed by atoms with E-state index in [4.69, 9.17) is 5.73 Å². The summed E-state index contributed by atoms with van der Waals surface area (Å²) >= 11 is 0. The summed E-state index contributed by atoms with van der Waals surface area (Å²) in [5.74, 6) is -0.843. The van der Waals surface area contributed by atoms with Crippen molar-refractivity contribution < 1.29 is 18.0 Å². The van der Waals surface area contributed by atoms with Crippen LogP contribution >= 0.6 is 0 Å². The van der Waals surface area contributed by atoms with E-state index in [-0.39, 0.29) is 18.9 Å². The number of anilines is 2. The Morgan fingerprint density at radius 1 is 1.11 bits per heavy atom. The van der Waals surface area contributed by atoms with Crippen molar-refractivity contribution in [3.63, 3.8) is 0 Å². The normalized spacial score (nSPS) is 11.1. The van der Waals surface area contributed by atoms with Crippen LogP contribution in [0.3, 0.4) is 0 Å². The van der Waals surface area contributed by atoms with Gasteiger partial charge in [-0.2, -0.15) is 0 Å². The molecule has 0 aliphatic carbocycles. The minimum absolute atomic E-state index is 0.137. The summed E-state index contributed by atoms with van der Waals surface area (Å²) in [5.41, 5.74) is 8.51. The minimum Gasteiger partial charge on any atom is -0.366 e. The molecular formula is C20H25N3O4S. The standard InChI is InChI=1S/C20H25N3O4S/c1-14-7-4-10-18(15(14)2)23(28(3,26)27)12-6-11-19(24)22-17-9-5-8-16(13-17)20(21)25/h4-5,7-10,13H,6,11-12H2,1-3H3,(H2,21,25)(H,22,24). The van der Waals surface area contributed by atoms with E-state index in [1.165, 1.54) is 10.4 Å². The number of rotatable bonds is 8. The van der Waals surface area contributed by atoms with Crippen LogP contribution in [0.1, 0.15) is 34.3 Å². The molecule has 0 spiro atoms. The van der Waals surface area contributed by atoms with E-state index in [0.29, 0.717) is 23.4 Å². The number of sulfonamides is 1. The molecule has 2 aromatic carbocycles. The minimum atomic E-state index is -3.48. The largest absolute Gasteiger partial charge is 0.366 e. The van der Waals surface area contributed by atoms with E-state index in [0.717, 1.165) is 17.4 Å². The lowest BCUT2D eigenvalue weighted by Crippen LogP contribution is -2.32. The van der Waals surface area contributed by atoms with Crippen LogP contribution in [0.2, 0.25) is 0 Å². The van der Waals surface area contributed by atoms with E-state index >= 15 is 0 Å². The predicted octanol–water partition coefficient (Wildman–Crippen LogP) is 2.59. The van der Waals surface area contributed by atoms with Gasteiger partial charge in [0, 0.05) is 24.2 Å². The summed E-state index contributed by atoms with van der Waals surface area (Å²) in [4.78, 5) is 23.4. The third kappa shape index (κ3) is 5.56.